The summed E-state index contributed by atoms with van der Waals surface area (Å²) in [7, 11) is 0. The van der Waals surface area contributed by atoms with E-state index >= 15 is 0 Å². The third kappa shape index (κ3) is 5.17. The molecule has 4 aromatic rings. The molecule has 0 aliphatic rings. The molecule has 8 nitrogen and oxygen atoms in total. The highest BCUT2D eigenvalue weighted by Gasteiger charge is 2.08. The van der Waals surface area contributed by atoms with Crippen LogP contribution in [0.5, 0.6) is 17.2 Å². The number of amides is 1. The molecule has 0 bridgehead atoms. The van der Waals surface area contributed by atoms with Crippen molar-refractivity contribution in [3.8, 4) is 40.0 Å². The molecular weight excluding hydrogens is 408 g/mol. The number of ether oxygens (including phenoxy) is 1. The van der Waals surface area contributed by atoms with Crippen molar-refractivity contribution in [2.24, 2.45) is 0 Å². The number of aromatic nitrogens is 3. The Morgan fingerprint density at radius 2 is 1.72 bits per heavy atom. The van der Waals surface area contributed by atoms with Crippen LogP contribution in [0, 0.1) is 0 Å². The van der Waals surface area contributed by atoms with Crippen LogP contribution in [0.3, 0.4) is 0 Å². The summed E-state index contributed by atoms with van der Waals surface area (Å²) in [6.45, 7) is 0.0496. The van der Waals surface area contributed by atoms with Crippen LogP contribution in [0.15, 0.2) is 79.1 Å². The van der Waals surface area contributed by atoms with E-state index in [1.165, 1.54) is 12.1 Å². The molecule has 3 N–H and O–H groups in total. The largest absolute Gasteiger partial charge is 0.504 e. The van der Waals surface area contributed by atoms with Gasteiger partial charge in [0.2, 0.25) is 0 Å². The highest BCUT2D eigenvalue weighted by Crippen LogP contribution is 2.25. The summed E-state index contributed by atoms with van der Waals surface area (Å²) in [6.07, 6.45) is 3.41. The highest BCUT2D eigenvalue weighted by molar-refractivity contribution is 5.77. The van der Waals surface area contributed by atoms with Crippen LogP contribution in [0.2, 0.25) is 0 Å². The first kappa shape index (κ1) is 20.8. The first-order valence-corrected chi connectivity index (χ1v) is 9.84. The van der Waals surface area contributed by atoms with Gasteiger partial charge in [0.15, 0.2) is 23.9 Å². The van der Waals surface area contributed by atoms with E-state index in [1.807, 2.05) is 30.3 Å². The minimum absolute atomic E-state index is 0.158. The highest BCUT2D eigenvalue weighted by atomic mass is 16.5. The van der Waals surface area contributed by atoms with Crippen LogP contribution in [0.1, 0.15) is 5.56 Å². The minimum atomic E-state index is -0.312. The molecule has 0 aliphatic carbocycles. The number of hydrogen-bond donors (Lipinski definition) is 3. The fraction of sp³-hybridized carbons (Fsp3) is 0.0833. The van der Waals surface area contributed by atoms with Gasteiger partial charge in [0.05, 0.1) is 11.4 Å². The third-order valence-electron chi connectivity index (χ3n) is 4.59. The topological polar surface area (TPSA) is 117 Å². The Kier molecular flexibility index (Phi) is 6.22. The number of rotatable bonds is 7. The number of phenols is 2. The third-order valence-corrected chi connectivity index (χ3v) is 4.59. The maximum atomic E-state index is 12.0. The van der Waals surface area contributed by atoms with Crippen molar-refractivity contribution in [1.29, 1.82) is 0 Å². The van der Waals surface area contributed by atoms with Gasteiger partial charge in [-0.1, -0.05) is 12.1 Å². The number of aromatic hydroxyl groups is 2. The van der Waals surface area contributed by atoms with E-state index in [4.69, 9.17) is 4.74 Å². The van der Waals surface area contributed by atoms with Crippen LogP contribution in [-0.4, -0.2) is 37.7 Å². The monoisotopic (exact) mass is 428 g/mol. The lowest BCUT2D eigenvalue weighted by atomic mass is 10.2. The standard InChI is InChI=1S/C24H20N4O4/c29-21-9-4-16(13-22(21)30)14-27-23(31)15-32-18-7-5-17(6-8-18)24-26-12-10-20(28-24)19-3-1-2-11-25-19/h1-13,29-30H,14-15H2,(H,27,31). The van der Waals surface area contributed by atoms with Gasteiger partial charge >= 0.3 is 0 Å². The van der Waals surface area contributed by atoms with Crippen LogP contribution < -0.4 is 10.1 Å². The van der Waals surface area contributed by atoms with E-state index < -0.39 is 0 Å². The lowest BCUT2D eigenvalue weighted by Crippen LogP contribution is -2.28. The van der Waals surface area contributed by atoms with Crippen molar-refractivity contribution in [1.82, 2.24) is 20.3 Å². The molecule has 1 amide bonds. The normalized spacial score (nSPS) is 10.5. The maximum Gasteiger partial charge on any atom is 0.258 e. The number of carbonyl (C=O) groups excluding carboxylic acids is 1. The molecule has 0 spiro atoms. The maximum absolute atomic E-state index is 12.0. The molecule has 160 valence electrons. The SMILES string of the molecule is O=C(COc1ccc(-c2nccc(-c3ccccn3)n2)cc1)NCc1ccc(O)c(O)c1. The summed E-state index contributed by atoms with van der Waals surface area (Å²) < 4.78 is 5.53. The van der Waals surface area contributed by atoms with Crippen molar-refractivity contribution < 1.29 is 19.7 Å². The summed E-state index contributed by atoms with van der Waals surface area (Å²) in [4.78, 5) is 25.2. The lowest BCUT2D eigenvalue weighted by molar-refractivity contribution is -0.123. The molecule has 0 saturated heterocycles. The predicted octanol–water partition coefficient (Wildman–Crippen LogP) is 3.31. The van der Waals surface area contributed by atoms with Crippen LogP contribution >= 0.6 is 0 Å². The fourth-order valence-corrected chi connectivity index (χ4v) is 2.93. The molecule has 2 aromatic carbocycles. The minimum Gasteiger partial charge on any atom is -0.504 e. The number of nitrogens with zero attached hydrogens (tertiary/aromatic N) is 3. The Labute approximate surface area is 184 Å². The Hall–Kier alpha value is -4.46. The summed E-state index contributed by atoms with van der Waals surface area (Å²) in [5, 5.41) is 21.5. The molecular formula is C24H20N4O4. The van der Waals surface area contributed by atoms with Crippen LogP contribution in [0.4, 0.5) is 0 Å². The second kappa shape index (κ2) is 9.57. The van der Waals surface area contributed by atoms with Gasteiger partial charge in [-0.25, -0.2) is 9.97 Å². The molecule has 0 unspecified atom stereocenters. The Morgan fingerprint density at radius 3 is 2.47 bits per heavy atom. The number of nitrogens with one attached hydrogen (secondary N) is 1. The van der Waals surface area contributed by atoms with E-state index in [0.29, 0.717) is 17.1 Å². The Balaban J connectivity index is 1.33. The average Bonchev–Trinajstić information content (AvgIpc) is 2.84. The summed E-state index contributed by atoms with van der Waals surface area (Å²) >= 11 is 0. The second-order valence-electron chi connectivity index (χ2n) is 6.89. The zero-order valence-corrected chi connectivity index (χ0v) is 17.0. The molecule has 0 radical (unpaired) electrons. The molecule has 2 aromatic heterocycles. The Morgan fingerprint density at radius 1 is 0.875 bits per heavy atom. The number of carbonyl (C=O) groups is 1. The van der Waals surface area contributed by atoms with E-state index in [1.54, 1.807) is 36.7 Å². The van der Waals surface area contributed by atoms with Gasteiger partial charge in [0.25, 0.3) is 5.91 Å². The molecule has 0 aliphatic heterocycles. The van der Waals surface area contributed by atoms with Crippen molar-refractivity contribution in [2.45, 2.75) is 6.54 Å². The first-order chi connectivity index (χ1) is 15.6. The zero-order chi connectivity index (χ0) is 22.3. The van der Waals surface area contributed by atoms with E-state index in [2.05, 4.69) is 20.3 Å². The molecule has 32 heavy (non-hydrogen) atoms. The quantitative estimate of drug-likeness (QED) is 0.387. The van der Waals surface area contributed by atoms with Gasteiger partial charge in [-0.3, -0.25) is 9.78 Å². The molecule has 4 rings (SSSR count). The van der Waals surface area contributed by atoms with Crippen molar-refractivity contribution >= 4 is 5.91 Å². The predicted molar refractivity (Wildman–Crippen MR) is 118 cm³/mol. The van der Waals surface area contributed by atoms with Crippen molar-refractivity contribution in [3.05, 3.63) is 84.7 Å². The van der Waals surface area contributed by atoms with Gasteiger partial charge in [0, 0.05) is 24.5 Å². The van der Waals surface area contributed by atoms with E-state index in [9.17, 15) is 15.0 Å². The molecule has 2 heterocycles. The smallest absolute Gasteiger partial charge is 0.258 e. The molecule has 0 atom stereocenters. The van der Waals surface area contributed by atoms with Gasteiger partial charge in [-0.2, -0.15) is 0 Å². The number of benzene rings is 2. The summed E-state index contributed by atoms with van der Waals surface area (Å²) in [5.41, 5.74) is 2.97. The Bertz CT molecular complexity index is 1210. The first-order valence-electron chi connectivity index (χ1n) is 9.84. The van der Waals surface area contributed by atoms with Crippen molar-refractivity contribution in [2.75, 3.05) is 6.61 Å². The number of phenolic OH excluding ortho intramolecular Hbond substituents is 2. The summed E-state index contributed by atoms with van der Waals surface area (Å²) in [5.74, 6) is 0.345. The fourth-order valence-electron chi connectivity index (χ4n) is 2.93. The van der Waals surface area contributed by atoms with Crippen LogP contribution in [0.25, 0.3) is 22.8 Å². The van der Waals surface area contributed by atoms with E-state index in [0.717, 1.165) is 17.0 Å². The average molecular weight is 428 g/mol. The van der Waals surface area contributed by atoms with E-state index in [-0.39, 0.29) is 30.6 Å². The lowest BCUT2D eigenvalue weighted by Gasteiger charge is -2.09. The van der Waals surface area contributed by atoms with Gasteiger partial charge < -0.3 is 20.3 Å². The molecule has 0 fully saturated rings. The van der Waals surface area contributed by atoms with Crippen molar-refractivity contribution in [3.63, 3.8) is 0 Å². The summed E-state index contributed by atoms with van der Waals surface area (Å²) in [6, 6.07) is 19.0. The number of hydrogen-bond acceptors (Lipinski definition) is 7. The molecule has 0 saturated carbocycles. The van der Waals surface area contributed by atoms with Gasteiger partial charge in [-0.15, -0.1) is 0 Å². The second-order valence-corrected chi connectivity index (χ2v) is 6.89. The van der Waals surface area contributed by atoms with Gasteiger partial charge in [-0.05, 0) is 60.2 Å². The van der Waals surface area contributed by atoms with Gasteiger partial charge in [0.1, 0.15) is 5.75 Å². The van der Waals surface area contributed by atoms with Crippen LogP contribution in [-0.2, 0) is 11.3 Å². The number of pyridine rings is 1. The molecule has 8 heteroatoms. The zero-order valence-electron chi connectivity index (χ0n) is 17.0.